The molecule has 0 saturated heterocycles. The van der Waals surface area contributed by atoms with E-state index in [-0.39, 0.29) is 0 Å². The number of halogens is 2. The fourth-order valence-electron chi connectivity index (χ4n) is 3.76. The van der Waals surface area contributed by atoms with Gasteiger partial charge in [0.05, 0.1) is 5.60 Å². The number of benzene rings is 1. The summed E-state index contributed by atoms with van der Waals surface area (Å²) < 4.78 is 33.9. The Morgan fingerprint density at radius 3 is 1.50 bits per heavy atom. The molecule has 0 heterocycles. The first-order valence-corrected chi connectivity index (χ1v) is 10.2. The van der Waals surface area contributed by atoms with Crippen LogP contribution in [0.15, 0.2) is 18.2 Å². The molecule has 1 aromatic rings. The smallest absolute Gasteiger partial charge is 0.201 e. The Morgan fingerprint density at radius 2 is 1.18 bits per heavy atom. The van der Waals surface area contributed by atoms with Gasteiger partial charge in [0.2, 0.25) is 8.32 Å². The van der Waals surface area contributed by atoms with Crippen LogP contribution in [-0.4, -0.2) is 8.32 Å². The van der Waals surface area contributed by atoms with E-state index in [1.807, 2.05) is 13.8 Å². The predicted molar refractivity (Wildman–Crippen MR) is 91.5 cm³/mol. The van der Waals surface area contributed by atoms with E-state index < -0.39 is 25.6 Å². The van der Waals surface area contributed by atoms with Crippen LogP contribution >= 0.6 is 0 Å². The molecule has 0 atom stereocenters. The van der Waals surface area contributed by atoms with Crippen LogP contribution in [0, 0.1) is 11.6 Å². The Hall–Kier alpha value is -0.743. The van der Waals surface area contributed by atoms with Gasteiger partial charge in [0.15, 0.2) is 0 Å². The van der Waals surface area contributed by atoms with E-state index in [9.17, 15) is 8.78 Å². The van der Waals surface area contributed by atoms with Gasteiger partial charge in [-0.2, -0.15) is 0 Å². The molecule has 22 heavy (non-hydrogen) atoms. The lowest BCUT2D eigenvalue weighted by molar-refractivity contribution is 0.0837. The molecule has 1 nitrogen and oxygen atoms in total. The molecule has 0 unspecified atom stereocenters. The summed E-state index contributed by atoms with van der Waals surface area (Å²) in [4.78, 5) is 0. The molecule has 4 heteroatoms. The zero-order chi connectivity index (χ0) is 17.3. The fourth-order valence-corrected chi connectivity index (χ4v) is 9.46. The zero-order valence-electron chi connectivity index (χ0n) is 15.1. The summed E-state index contributed by atoms with van der Waals surface area (Å²) >= 11 is 0. The number of rotatable bonds is 6. The number of hydrogen-bond donors (Lipinski definition) is 0. The monoisotopic (exact) mass is 328 g/mol. The maximum Gasteiger partial charge on any atom is 0.201 e. The first kappa shape index (κ1) is 19.3. The quantitative estimate of drug-likeness (QED) is 0.550. The molecule has 1 aromatic carbocycles. The number of hydrogen-bond acceptors (Lipinski definition) is 1. The Kier molecular flexibility index (Phi) is 5.96. The van der Waals surface area contributed by atoms with Crippen LogP contribution in [0.3, 0.4) is 0 Å². The van der Waals surface area contributed by atoms with Crippen molar-refractivity contribution in [2.45, 2.75) is 77.6 Å². The molecule has 0 bridgehead atoms. The van der Waals surface area contributed by atoms with Gasteiger partial charge in [-0.15, -0.1) is 0 Å². The van der Waals surface area contributed by atoms with Crippen molar-refractivity contribution in [1.82, 2.24) is 0 Å². The summed E-state index contributed by atoms with van der Waals surface area (Å²) in [6, 6.07) is 3.66. The lowest BCUT2D eigenvalue weighted by Crippen LogP contribution is -2.52. The van der Waals surface area contributed by atoms with Gasteiger partial charge >= 0.3 is 0 Å². The highest BCUT2D eigenvalue weighted by atomic mass is 28.4. The largest absolute Gasteiger partial charge is 0.407 e. The van der Waals surface area contributed by atoms with Crippen molar-refractivity contribution in [3.63, 3.8) is 0 Å². The van der Waals surface area contributed by atoms with Crippen LogP contribution in [0.4, 0.5) is 8.78 Å². The third-order valence-corrected chi connectivity index (χ3v) is 11.0. The molecule has 0 spiro atoms. The topological polar surface area (TPSA) is 9.23 Å². The molecule has 0 aliphatic heterocycles. The van der Waals surface area contributed by atoms with Crippen LogP contribution < -0.4 is 0 Å². The lowest BCUT2D eigenvalue weighted by Gasteiger charge is -2.47. The second-order valence-corrected chi connectivity index (χ2v) is 13.0. The van der Waals surface area contributed by atoms with E-state index in [4.69, 9.17) is 4.43 Å². The summed E-state index contributed by atoms with van der Waals surface area (Å²) in [5.74, 6) is -1.12. The summed E-state index contributed by atoms with van der Waals surface area (Å²) in [6.07, 6.45) is 0. The molecule has 0 aromatic heterocycles. The van der Waals surface area contributed by atoms with E-state index in [1.54, 1.807) is 0 Å². The average Bonchev–Trinajstić information content (AvgIpc) is 2.33. The van der Waals surface area contributed by atoms with Crippen LogP contribution in [0.2, 0.25) is 16.6 Å². The Labute approximate surface area is 135 Å². The average molecular weight is 329 g/mol. The first-order valence-electron chi connectivity index (χ1n) is 8.10. The predicted octanol–water partition coefficient (Wildman–Crippen LogP) is 6.39. The minimum atomic E-state index is -2.13. The SMILES string of the molecule is CC(C)[Si](OC(C)(C)c1cc(F)cc(F)c1)(C(C)C)C(C)C. The van der Waals surface area contributed by atoms with Gasteiger partial charge in [-0.3, -0.25) is 0 Å². The minimum absolute atomic E-state index is 0.421. The molecule has 0 saturated carbocycles. The second-order valence-electron chi connectivity index (χ2n) is 7.59. The second kappa shape index (κ2) is 6.79. The van der Waals surface area contributed by atoms with E-state index in [1.165, 1.54) is 12.1 Å². The summed E-state index contributed by atoms with van der Waals surface area (Å²) in [5, 5.41) is 0. The lowest BCUT2D eigenvalue weighted by atomic mass is 9.98. The minimum Gasteiger partial charge on any atom is -0.407 e. The van der Waals surface area contributed by atoms with Crippen molar-refractivity contribution in [1.29, 1.82) is 0 Å². The van der Waals surface area contributed by atoms with Gasteiger partial charge in [0.25, 0.3) is 0 Å². The van der Waals surface area contributed by atoms with Crippen molar-refractivity contribution in [3.05, 3.63) is 35.4 Å². The van der Waals surface area contributed by atoms with Gasteiger partial charge in [0.1, 0.15) is 11.6 Å². The van der Waals surface area contributed by atoms with Crippen LogP contribution in [0.1, 0.15) is 61.0 Å². The Balaban J connectivity index is 3.31. The third kappa shape index (κ3) is 3.77. The third-order valence-electron chi connectivity index (χ3n) is 4.70. The molecule has 1 rings (SSSR count). The zero-order valence-corrected chi connectivity index (χ0v) is 16.1. The van der Waals surface area contributed by atoms with E-state index in [2.05, 4.69) is 41.5 Å². The van der Waals surface area contributed by atoms with Crippen molar-refractivity contribution >= 4 is 8.32 Å². The highest BCUT2D eigenvalue weighted by molar-refractivity contribution is 6.77. The van der Waals surface area contributed by atoms with Crippen LogP contribution in [0.25, 0.3) is 0 Å². The molecule has 0 N–H and O–H groups in total. The van der Waals surface area contributed by atoms with Crippen molar-refractivity contribution in [2.24, 2.45) is 0 Å². The molecule has 0 fully saturated rings. The maximum absolute atomic E-state index is 13.6. The van der Waals surface area contributed by atoms with Gasteiger partial charge in [-0.05, 0) is 48.2 Å². The summed E-state index contributed by atoms with van der Waals surface area (Å²) in [7, 11) is -2.13. The molecule has 126 valence electrons. The highest BCUT2D eigenvalue weighted by Crippen LogP contribution is 2.46. The molecular formula is C18H30F2OSi. The van der Waals surface area contributed by atoms with Crippen LogP contribution in [-0.2, 0) is 10.0 Å². The first-order chi connectivity index (χ1) is 9.93. The van der Waals surface area contributed by atoms with E-state index >= 15 is 0 Å². The molecule has 0 aliphatic carbocycles. The normalized spacial score (nSPS) is 13.5. The summed E-state index contributed by atoms with van der Waals surface area (Å²) in [5.41, 5.74) is 1.11. The standard InChI is InChI=1S/C18H30F2OSi/c1-12(2)22(13(3)4,14(5)6)21-18(7,8)15-9-16(19)11-17(20)10-15/h9-14H,1-8H3. The summed E-state index contributed by atoms with van der Waals surface area (Å²) in [6.45, 7) is 17.0. The highest BCUT2D eigenvalue weighted by Gasteiger charge is 2.48. The van der Waals surface area contributed by atoms with E-state index in [0.29, 0.717) is 22.2 Å². The van der Waals surface area contributed by atoms with Crippen molar-refractivity contribution in [3.8, 4) is 0 Å². The van der Waals surface area contributed by atoms with Gasteiger partial charge in [-0.1, -0.05) is 41.5 Å². The van der Waals surface area contributed by atoms with Gasteiger partial charge in [-0.25, -0.2) is 8.78 Å². The van der Waals surface area contributed by atoms with Crippen molar-refractivity contribution < 1.29 is 13.2 Å². The van der Waals surface area contributed by atoms with Gasteiger partial charge < -0.3 is 4.43 Å². The Morgan fingerprint density at radius 1 is 0.818 bits per heavy atom. The molecule has 0 aliphatic rings. The van der Waals surface area contributed by atoms with E-state index in [0.717, 1.165) is 6.07 Å². The molecular weight excluding hydrogens is 298 g/mol. The molecule has 0 amide bonds. The Bertz CT molecular complexity index is 468. The van der Waals surface area contributed by atoms with Gasteiger partial charge in [0, 0.05) is 6.07 Å². The van der Waals surface area contributed by atoms with Crippen molar-refractivity contribution in [2.75, 3.05) is 0 Å². The molecule has 0 radical (unpaired) electrons. The fraction of sp³-hybridized carbons (Fsp3) is 0.667. The maximum atomic E-state index is 13.6. The van der Waals surface area contributed by atoms with Crippen LogP contribution in [0.5, 0.6) is 0 Å².